The molecule has 0 radical (unpaired) electrons. The molecule has 4 rings (SSSR count). The molecule has 1 spiro atoms. The molecule has 0 aromatic carbocycles. The van der Waals surface area contributed by atoms with Crippen molar-refractivity contribution in [1.29, 1.82) is 0 Å². The Balaban J connectivity index is 1.72. The van der Waals surface area contributed by atoms with E-state index in [1.807, 2.05) is 0 Å². The van der Waals surface area contributed by atoms with E-state index in [0.717, 1.165) is 32.1 Å². The van der Waals surface area contributed by atoms with Crippen LogP contribution in [0.2, 0.25) is 0 Å². The number of rotatable bonds is 1. The number of aliphatic hydroxyl groups excluding tert-OH is 2. The van der Waals surface area contributed by atoms with E-state index < -0.39 is 5.60 Å². The van der Waals surface area contributed by atoms with Gasteiger partial charge in [-0.15, -0.1) is 0 Å². The van der Waals surface area contributed by atoms with Gasteiger partial charge in [-0.05, 0) is 85.4 Å². The Morgan fingerprint density at radius 2 is 1.70 bits per heavy atom. The number of hydrogen-bond donors (Lipinski definition) is 3. The molecular formula is C20H34O3. The third kappa shape index (κ3) is 1.93. The first-order chi connectivity index (χ1) is 10.7. The largest absolute Gasteiger partial charge is 0.393 e. The average molecular weight is 322 g/mol. The van der Waals surface area contributed by atoms with Gasteiger partial charge in [0.25, 0.3) is 0 Å². The lowest BCUT2D eigenvalue weighted by Crippen LogP contribution is -2.59. The van der Waals surface area contributed by atoms with Crippen LogP contribution in [0.25, 0.3) is 0 Å². The zero-order valence-electron chi connectivity index (χ0n) is 15.0. The minimum atomic E-state index is -0.832. The summed E-state index contributed by atoms with van der Waals surface area (Å²) in [5.74, 6) is 1.53. The molecular weight excluding hydrogens is 288 g/mol. The van der Waals surface area contributed by atoms with Gasteiger partial charge in [0.1, 0.15) is 0 Å². The second-order valence-electron chi connectivity index (χ2n) is 10.3. The predicted molar refractivity (Wildman–Crippen MR) is 89.8 cm³/mol. The molecule has 0 aliphatic heterocycles. The molecule has 3 heteroatoms. The summed E-state index contributed by atoms with van der Waals surface area (Å²) in [6, 6.07) is 0. The number of fused-ring (bicyclic) bond motifs is 3. The van der Waals surface area contributed by atoms with Crippen molar-refractivity contribution >= 4 is 0 Å². The Bertz CT molecular complexity index is 503. The van der Waals surface area contributed by atoms with Gasteiger partial charge < -0.3 is 15.3 Å². The molecule has 0 aromatic heterocycles. The second kappa shape index (κ2) is 4.74. The Kier molecular flexibility index (Phi) is 3.37. The molecule has 4 saturated carbocycles. The maximum absolute atomic E-state index is 10.9. The van der Waals surface area contributed by atoms with Gasteiger partial charge in [0, 0.05) is 0 Å². The first-order valence-electron chi connectivity index (χ1n) is 9.69. The average Bonchev–Trinajstić information content (AvgIpc) is 2.70. The molecule has 0 amide bonds. The standard InChI is InChI=1S/C20H34O3/c1-17(2)14-6-9-19-10-13(20(23,11-19)12-21)4-5-15(19)18(14,3)8-7-16(17)22/h13-16,21-23H,4-12H2,1-3H3/t13-,14-,15+,16-,18-,19+,20+/m1/s1. The van der Waals surface area contributed by atoms with Crippen LogP contribution in [0.3, 0.4) is 0 Å². The molecule has 23 heavy (non-hydrogen) atoms. The van der Waals surface area contributed by atoms with Crippen molar-refractivity contribution in [3.05, 3.63) is 0 Å². The summed E-state index contributed by atoms with van der Waals surface area (Å²) in [5.41, 5.74) is -0.310. The van der Waals surface area contributed by atoms with Gasteiger partial charge in [0.15, 0.2) is 0 Å². The molecule has 4 fully saturated rings. The first-order valence-corrected chi connectivity index (χ1v) is 9.69. The summed E-state index contributed by atoms with van der Waals surface area (Å²) in [5, 5.41) is 31.3. The SMILES string of the molecule is CC1(C)[C@H](O)CC[C@]2(C)[C@@H]1CC[C@@]13C[C@@H](CC[C@H]12)[C@@](O)(CO)C3. The first kappa shape index (κ1) is 16.4. The lowest BCUT2D eigenvalue weighted by molar-refractivity contribution is -0.180. The summed E-state index contributed by atoms with van der Waals surface area (Å²) in [6.07, 6.45) is 8.39. The Labute approximate surface area is 140 Å². The van der Waals surface area contributed by atoms with E-state index >= 15 is 0 Å². The summed E-state index contributed by atoms with van der Waals surface area (Å²) < 4.78 is 0. The highest BCUT2D eigenvalue weighted by atomic mass is 16.3. The van der Waals surface area contributed by atoms with Crippen molar-refractivity contribution in [3.8, 4) is 0 Å². The van der Waals surface area contributed by atoms with Gasteiger partial charge in [-0.3, -0.25) is 0 Å². The zero-order valence-corrected chi connectivity index (χ0v) is 15.0. The van der Waals surface area contributed by atoms with E-state index in [4.69, 9.17) is 0 Å². The zero-order chi connectivity index (χ0) is 16.7. The normalized spacial score (nSPS) is 57.7. The molecule has 0 heterocycles. The highest BCUT2D eigenvalue weighted by molar-refractivity contribution is 5.17. The van der Waals surface area contributed by atoms with Gasteiger partial charge in [-0.1, -0.05) is 20.8 Å². The quantitative estimate of drug-likeness (QED) is 0.695. The highest BCUT2D eigenvalue weighted by Crippen LogP contribution is 2.72. The van der Waals surface area contributed by atoms with Crippen molar-refractivity contribution < 1.29 is 15.3 Å². The monoisotopic (exact) mass is 322 g/mol. The molecule has 132 valence electrons. The maximum Gasteiger partial charge on any atom is 0.0910 e. The minimum absolute atomic E-state index is 0.00263. The number of aliphatic hydroxyl groups is 3. The molecule has 0 aromatic rings. The van der Waals surface area contributed by atoms with Crippen LogP contribution in [-0.2, 0) is 0 Å². The highest BCUT2D eigenvalue weighted by Gasteiger charge is 2.67. The summed E-state index contributed by atoms with van der Waals surface area (Å²) >= 11 is 0. The number of hydrogen-bond acceptors (Lipinski definition) is 3. The van der Waals surface area contributed by atoms with Crippen molar-refractivity contribution in [2.45, 2.75) is 83.8 Å². The van der Waals surface area contributed by atoms with E-state index in [-0.39, 0.29) is 29.0 Å². The van der Waals surface area contributed by atoms with Gasteiger partial charge in [0.2, 0.25) is 0 Å². The third-order valence-electron chi connectivity index (χ3n) is 9.12. The van der Waals surface area contributed by atoms with Crippen molar-refractivity contribution in [2.75, 3.05) is 6.61 Å². The van der Waals surface area contributed by atoms with Crippen molar-refractivity contribution in [1.82, 2.24) is 0 Å². The molecule has 4 aliphatic carbocycles. The second-order valence-corrected chi connectivity index (χ2v) is 10.3. The molecule has 4 aliphatic rings. The molecule has 3 nitrogen and oxygen atoms in total. The summed E-state index contributed by atoms with van der Waals surface area (Å²) in [6.45, 7) is 6.94. The summed E-state index contributed by atoms with van der Waals surface area (Å²) in [4.78, 5) is 0. The molecule has 3 N–H and O–H groups in total. The van der Waals surface area contributed by atoms with Crippen molar-refractivity contribution in [3.63, 3.8) is 0 Å². The van der Waals surface area contributed by atoms with Crippen LogP contribution in [-0.4, -0.2) is 33.6 Å². The van der Waals surface area contributed by atoms with Gasteiger partial charge in [0.05, 0.1) is 18.3 Å². The van der Waals surface area contributed by atoms with Crippen LogP contribution >= 0.6 is 0 Å². The Hall–Kier alpha value is -0.120. The van der Waals surface area contributed by atoms with Crippen LogP contribution in [0.5, 0.6) is 0 Å². The van der Waals surface area contributed by atoms with Crippen molar-refractivity contribution in [2.24, 2.45) is 34.0 Å². The fourth-order valence-electron chi connectivity index (χ4n) is 8.02. The van der Waals surface area contributed by atoms with Gasteiger partial charge in [-0.25, -0.2) is 0 Å². The predicted octanol–water partition coefficient (Wildman–Crippen LogP) is 3.11. The fourth-order valence-corrected chi connectivity index (χ4v) is 8.02. The van der Waals surface area contributed by atoms with Crippen LogP contribution in [0.4, 0.5) is 0 Å². The molecule has 2 bridgehead atoms. The lowest BCUT2D eigenvalue weighted by atomic mass is 9.41. The van der Waals surface area contributed by atoms with Crippen LogP contribution in [0, 0.1) is 34.0 Å². The minimum Gasteiger partial charge on any atom is -0.393 e. The Morgan fingerprint density at radius 3 is 2.39 bits per heavy atom. The Morgan fingerprint density at radius 1 is 0.957 bits per heavy atom. The van der Waals surface area contributed by atoms with Gasteiger partial charge >= 0.3 is 0 Å². The van der Waals surface area contributed by atoms with E-state index in [1.54, 1.807) is 0 Å². The molecule has 0 unspecified atom stereocenters. The van der Waals surface area contributed by atoms with Crippen LogP contribution in [0.1, 0.15) is 72.1 Å². The van der Waals surface area contributed by atoms with Crippen LogP contribution < -0.4 is 0 Å². The maximum atomic E-state index is 10.9. The van der Waals surface area contributed by atoms with Gasteiger partial charge in [-0.2, -0.15) is 0 Å². The topological polar surface area (TPSA) is 60.7 Å². The van der Waals surface area contributed by atoms with Crippen LogP contribution in [0.15, 0.2) is 0 Å². The molecule has 0 saturated heterocycles. The third-order valence-corrected chi connectivity index (χ3v) is 9.12. The summed E-state index contributed by atoms with van der Waals surface area (Å²) in [7, 11) is 0. The molecule has 7 atom stereocenters. The van der Waals surface area contributed by atoms with E-state index in [2.05, 4.69) is 20.8 Å². The van der Waals surface area contributed by atoms with E-state index in [1.165, 1.54) is 19.3 Å². The smallest absolute Gasteiger partial charge is 0.0910 e. The van der Waals surface area contributed by atoms with E-state index in [9.17, 15) is 15.3 Å². The lowest BCUT2D eigenvalue weighted by Gasteiger charge is -2.64. The van der Waals surface area contributed by atoms with E-state index in [0.29, 0.717) is 17.8 Å². The fraction of sp³-hybridized carbons (Fsp3) is 1.00.